The molecule has 0 saturated carbocycles. The lowest BCUT2D eigenvalue weighted by atomic mass is 10.1. The van der Waals surface area contributed by atoms with Crippen LogP contribution in [0.2, 0.25) is 0 Å². The predicted octanol–water partition coefficient (Wildman–Crippen LogP) is 3.60. The van der Waals surface area contributed by atoms with Gasteiger partial charge < -0.3 is 9.47 Å². The molecule has 20 heavy (non-hydrogen) atoms. The number of esters is 1. The highest BCUT2D eigenvalue weighted by Gasteiger charge is 2.10. The van der Waals surface area contributed by atoms with Crippen LogP contribution in [0.25, 0.3) is 0 Å². The zero-order chi connectivity index (χ0) is 14.5. The molecule has 0 unspecified atom stereocenters. The topological polar surface area (TPSA) is 35.5 Å². The van der Waals surface area contributed by atoms with E-state index in [4.69, 9.17) is 9.47 Å². The van der Waals surface area contributed by atoms with E-state index < -0.39 is 5.97 Å². The lowest BCUT2D eigenvalue weighted by molar-refractivity contribution is -0.136. The van der Waals surface area contributed by atoms with Crippen molar-refractivity contribution in [2.75, 3.05) is 6.61 Å². The van der Waals surface area contributed by atoms with Crippen molar-refractivity contribution in [3.8, 4) is 11.5 Å². The first kappa shape index (κ1) is 14.1. The van der Waals surface area contributed by atoms with Gasteiger partial charge in [0.1, 0.15) is 11.5 Å². The van der Waals surface area contributed by atoms with Gasteiger partial charge in [-0.15, -0.1) is 0 Å². The number of hydrogen-bond acceptors (Lipinski definition) is 3. The summed E-state index contributed by atoms with van der Waals surface area (Å²) in [6.45, 7) is 5.71. The molecule has 0 saturated heterocycles. The van der Waals surface area contributed by atoms with Gasteiger partial charge in [-0.3, -0.25) is 0 Å². The Morgan fingerprint density at radius 3 is 2.15 bits per heavy atom. The van der Waals surface area contributed by atoms with Gasteiger partial charge in [-0.2, -0.15) is 0 Å². The molecule has 3 heteroatoms. The van der Waals surface area contributed by atoms with Crippen molar-refractivity contribution in [3.05, 3.63) is 59.2 Å². The molecule has 0 aromatic heterocycles. The molecule has 2 aromatic carbocycles. The van der Waals surface area contributed by atoms with Crippen LogP contribution in [0.5, 0.6) is 11.5 Å². The first-order valence-corrected chi connectivity index (χ1v) is 6.53. The van der Waals surface area contributed by atoms with Crippen LogP contribution >= 0.6 is 0 Å². The highest BCUT2D eigenvalue weighted by molar-refractivity contribution is 5.74. The normalized spacial score (nSPS) is 10.2. The van der Waals surface area contributed by atoms with E-state index in [1.807, 2.05) is 57.2 Å². The SMILES string of the molecule is Cc1ccccc1OC(=O)COc1c(C)cccc1C. The molecule has 0 bridgehead atoms. The maximum absolute atomic E-state index is 11.8. The summed E-state index contributed by atoms with van der Waals surface area (Å²) in [5.74, 6) is 0.916. The molecule has 0 spiro atoms. The lowest BCUT2D eigenvalue weighted by Gasteiger charge is -2.12. The van der Waals surface area contributed by atoms with E-state index in [0.29, 0.717) is 5.75 Å². The second-order valence-corrected chi connectivity index (χ2v) is 4.75. The molecule has 0 N–H and O–H groups in total. The van der Waals surface area contributed by atoms with Crippen LogP contribution < -0.4 is 9.47 Å². The van der Waals surface area contributed by atoms with Crippen LogP contribution in [0, 0.1) is 20.8 Å². The van der Waals surface area contributed by atoms with Gasteiger partial charge in [0.25, 0.3) is 0 Å². The summed E-state index contributed by atoms with van der Waals surface area (Å²) in [5, 5.41) is 0. The second-order valence-electron chi connectivity index (χ2n) is 4.75. The minimum Gasteiger partial charge on any atom is -0.481 e. The fourth-order valence-corrected chi connectivity index (χ4v) is 1.98. The summed E-state index contributed by atoms with van der Waals surface area (Å²) < 4.78 is 10.8. The van der Waals surface area contributed by atoms with Gasteiger partial charge in [0, 0.05) is 0 Å². The van der Waals surface area contributed by atoms with Gasteiger partial charge in [-0.05, 0) is 43.5 Å². The molecule has 0 atom stereocenters. The third-order valence-electron chi connectivity index (χ3n) is 3.06. The van der Waals surface area contributed by atoms with Crippen molar-refractivity contribution in [2.24, 2.45) is 0 Å². The molecular weight excluding hydrogens is 252 g/mol. The fraction of sp³-hybridized carbons (Fsp3) is 0.235. The van der Waals surface area contributed by atoms with Crippen molar-refractivity contribution < 1.29 is 14.3 Å². The van der Waals surface area contributed by atoms with E-state index in [1.165, 1.54) is 0 Å². The zero-order valence-electron chi connectivity index (χ0n) is 12.0. The maximum Gasteiger partial charge on any atom is 0.349 e. The van der Waals surface area contributed by atoms with Crippen LogP contribution in [-0.2, 0) is 4.79 Å². The summed E-state index contributed by atoms with van der Waals surface area (Å²) in [6, 6.07) is 13.3. The molecule has 2 aromatic rings. The number of para-hydroxylation sites is 2. The Bertz CT molecular complexity index is 597. The van der Waals surface area contributed by atoms with Crippen molar-refractivity contribution in [1.82, 2.24) is 0 Å². The van der Waals surface area contributed by atoms with Gasteiger partial charge in [0.15, 0.2) is 6.61 Å². The Morgan fingerprint density at radius 1 is 0.900 bits per heavy atom. The van der Waals surface area contributed by atoms with Crippen LogP contribution in [0.1, 0.15) is 16.7 Å². The van der Waals surface area contributed by atoms with Crippen molar-refractivity contribution in [3.63, 3.8) is 0 Å². The molecule has 0 amide bonds. The Hall–Kier alpha value is -2.29. The van der Waals surface area contributed by atoms with Crippen LogP contribution in [0.15, 0.2) is 42.5 Å². The average Bonchev–Trinajstić information content (AvgIpc) is 2.41. The monoisotopic (exact) mass is 270 g/mol. The molecule has 0 aliphatic rings. The van der Waals surface area contributed by atoms with Gasteiger partial charge in [0.05, 0.1) is 0 Å². The molecule has 2 rings (SSSR count). The number of carbonyl (C=O) groups excluding carboxylic acids is 1. The third-order valence-corrected chi connectivity index (χ3v) is 3.06. The van der Waals surface area contributed by atoms with Crippen LogP contribution in [-0.4, -0.2) is 12.6 Å². The maximum atomic E-state index is 11.8. The van der Waals surface area contributed by atoms with E-state index in [1.54, 1.807) is 6.07 Å². The Labute approximate surface area is 119 Å². The zero-order valence-corrected chi connectivity index (χ0v) is 12.0. The summed E-state index contributed by atoms with van der Waals surface area (Å²) in [7, 11) is 0. The van der Waals surface area contributed by atoms with Gasteiger partial charge in [-0.25, -0.2) is 4.79 Å². The number of carbonyl (C=O) groups is 1. The van der Waals surface area contributed by atoms with Gasteiger partial charge >= 0.3 is 5.97 Å². The molecular formula is C17H18O3. The van der Waals surface area contributed by atoms with Crippen molar-refractivity contribution >= 4 is 5.97 Å². The van der Waals surface area contributed by atoms with E-state index in [2.05, 4.69) is 0 Å². The Balaban J connectivity index is 1.98. The first-order valence-electron chi connectivity index (χ1n) is 6.53. The van der Waals surface area contributed by atoms with Gasteiger partial charge in [-0.1, -0.05) is 36.4 Å². The van der Waals surface area contributed by atoms with E-state index >= 15 is 0 Å². The molecule has 0 aliphatic heterocycles. The van der Waals surface area contributed by atoms with Crippen LogP contribution in [0.4, 0.5) is 0 Å². The molecule has 3 nitrogen and oxygen atoms in total. The first-order chi connectivity index (χ1) is 9.58. The number of hydrogen-bond donors (Lipinski definition) is 0. The van der Waals surface area contributed by atoms with E-state index in [-0.39, 0.29) is 6.61 Å². The number of rotatable bonds is 4. The molecule has 0 radical (unpaired) electrons. The summed E-state index contributed by atoms with van der Waals surface area (Å²) in [4.78, 5) is 11.8. The molecule has 0 aliphatic carbocycles. The van der Waals surface area contributed by atoms with Crippen molar-refractivity contribution in [1.29, 1.82) is 0 Å². The highest BCUT2D eigenvalue weighted by atomic mass is 16.6. The largest absolute Gasteiger partial charge is 0.481 e. The molecule has 0 heterocycles. The predicted molar refractivity (Wildman–Crippen MR) is 78.2 cm³/mol. The smallest absolute Gasteiger partial charge is 0.349 e. The highest BCUT2D eigenvalue weighted by Crippen LogP contribution is 2.22. The number of aryl methyl sites for hydroxylation is 3. The second kappa shape index (κ2) is 6.24. The average molecular weight is 270 g/mol. The molecule has 0 fully saturated rings. The van der Waals surface area contributed by atoms with Crippen LogP contribution in [0.3, 0.4) is 0 Å². The third kappa shape index (κ3) is 3.38. The Morgan fingerprint density at radius 2 is 1.50 bits per heavy atom. The number of ether oxygens (including phenoxy) is 2. The summed E-state index contributed by atoms with van der Waals surface area (Å²) in [5.41, 5.74) is 2.94. The fourth-order valence-electron chi connectivity index (χ4n) is 1.98. The quantitative estimate of drug-likeness (QED) is 0.629. The molecule has 104 valence electrons. The van der Waals surface area contributed by atoms with E-state index in [9.17, 15) is 4.79 Å². The summed E-state index contributed by atoms with van der Waals surface area (Å²) in [6.07, 6.45) is 0. The Kier molecular flexibility index (Phi) is 4.41. The van der Waals surface area contributed by atoms with E-state index in [0.717, 1.165) is 22.4 Å². The number of benzene rings is 2. The summed E-state index contributed by atoms with van der Waals surface area (Å²) >= 11 is 0. The van der Waals surface area contributed by atoms with Gasteiger partial charge in [0.2, 0.25) is 0 Å². The van der Waals surface area contributed by atoms with Crippen molar-refractivity contribution in [2.45, 2.75) is 20.8 Å². The minimum atomic E-state index is -0.401. The lowest BCUT2D eigenvalue weighted by Crippen LogP contribution is -2.18. The standard InChI is InChI=1S/C17H18O3/c1-12-7-4-5-10-15(12)20-16(18)11-19-17-13(2)8-6-9-14(17)3/h4-10H,11H2,1-3H3. The minimum absolute atomic E-state index is 0.0972.